The molecule has 2 aromatic heterocycles. The first-order valence-electron chi connectivity index (χ1n) is 16.1. The van der Waals surface area contributed by atoms with Crippen molar-refractivity contribution in [3.05, 3.63) is 60.5 Å². The molecule has 0 aliphatic carbocycles. The summed E-state index contributed by atoms with van der Waals surface area (Å²) in [4.78, 5) is 50.5. The van der Waals surface area contributed by atoms with Gasteiger partial charge < -0.3 is 44.7 Å². The minimum absolute atomic E-state index is 0.00288. The number of pyridine rings is 1. The van der Waals surface area contributed by atoms with E-state index in [1.165, 1.54) is 16.8 Å². The van der Waals surface area contributed by atoms with Gasteiger partial charge in [0.25, 0.3) is 0 Å². The fourth-order valence-corrected chi connectivity index (χ4v) is 4.78. The van der Waals surface area contributed by atoms with Crippen molar-refractivity contribution >= 4 is 34.7 Å². The fraction of sp³-hybridized carbons (Fsp3) is 0.382. The molecule has 52 heavy (non-hydrogen) atoms. The highest BCUT2D eigenvalue weighted by Crippen LogP contribution is 2.25. The summed E-state index contributed by atoms with van der Waals surface area (Å²) in [5, 5.41) is 48.0. The van der Waals surface area contributed by atoms with E-state index < -0.39 is 40.9 Å². The second-order valence-electron chi connectivity index (χ2n) is 11.6. The van der Waals surface area contributed by atoms with E-state index in [0.29, 0.717) is 28.3 Å². The van der Waals surface area contributed by atoms with Gasteiger partial charge in [0.15, 0.2) is 11.6 Å². The van der Waals surface area contributed by atoms with Crippen molar-refractivity contribution in [2.75, 3.05) is 46.2 Å². The summed E-state index contributed by atoms with van der Waals surface area (Å²) in [6, 6.07) is 12.7. The van der Waals surface area contributed by atoms with E-state index in [-0.39, 0.29) is 78.4 Å². The average Bonchev–Trinajstić information content (AvgIpc) is 3.60. The third-order valence-electron chi connectivity index (χ3n) is 7.35. The lowest BCUT2D eigenvalue weighted by molar-refractivity contribution is -0.140. The van der Waals surface area contributed by atoms with Gasteiger partial charge in [-0.2, -0.15) is 0 Å². The van der Waals surface area contributed by atoms with Crippen LogP contribution in [0, 0.1) is 5.82 Å². The number of hydrogen-bond donors (Lipinski definition) is 5. The molecule has 4 rings (SSSR count). The highest BCUT2D eigenvalue weighted by atomic mass is 19.1. The van der Waals surface area contributed by atoms with E-state index >= 15 is 0 Å². The van der Waals surface area contributed by atoms with Crippen LogP contribution in [0.15, 0.2) is 54.7 Å². The molecule has 0 saturated heterocycles. The zero-order valence-corrected chi connectivity index (χ0v) is 27.9. The molecule has 0 atom stereocenters. The molecule has 0 aliphatic heterocycles. The van der Waals surface area contributed by atoms with Crippen molar-refractivity contribution in [2.24, 2.45) is 0 Å². The van der Waals surface area contributed by atoms with Crippen LogP contribution in [0.2, 0.25) is 0 Å². The Morgan fingerprint density at radius 1 is 0.769 bits per heavy atom. The number of carbonyl (C=O) groups excluding carboxylic acids is 1. The lowest BCUT2D eigenvalue weighted by atomic mass is 10.0. The number of phenolic OH excluding ortho intramolecular Hbond substituents is 1. The number of carboxylic acids is 3. The van der Waals surface area contributed by atoms with Crippen molar-refractivity contribution in [1.29, 1.82) is 0 Å². The number of nitrogens with zero attached hydrogens (tertiary/aromatic N) is 4. The monoisotopic (exact) mass is 727 g/mol. The Morgan fingerprint density at radius 3 is 2.00 bits per heavy atom. The van der Waals surface area contributed by atoms with Gasteiger partial charge >= 0.3 is 17.9 Å². The molecule has 0 aliphatic rings. The van der Waals surface area contributed by atoms with Crippen LogP contribution in [0.4, 0.5) is 4.39 Å². The standard InChI is InChI=1S/C34H38FN5O12/c35-25-17-23(4-8-29(25)41)40-18-28(38-39-40)27-6-3-22-16-24(5-7-26(22)36-27)52-12-1-2-30(42)37-34(19-49-13-9-31(43)44,20-50-14-10-32(45)46)21-51-15-11-33(47)48/h3-8,16-18,41H,1-2,9-15,19-21H2,(H,37,42)(H,43,44)(H,45,46)(H,47,48). The predicted molar refractivity (Wildman–Crippen MR) is 179 cm³/mol. The van der Waals surface area contributed by atoms with E-state index in [9.17, 15) is 28.7 Å². The van der Waals surface area contributed by atoms with E-state index in [0.717, 1.165) is 11.5 Å². The number of nitrogens with one attached hydrogen (secondary N) is 1. The molecule has 0 fully saturated rings. The topological polar surface area (TPSA) is 242 Å². The maximum absolute atomic E-state index is 13.8. The molecular weight excluding hydrogens is 689 g/mol. The normalized spacial score (nSPS) is 11.4. The number of fused-ring (bicyclic) bond motifs is 1. The number of amides is 1. The first kappa shape index (κ1) is 39.1. The number of halogens is 1. The van der Waals surface area contributed by atoms with Crippen LogP contribution in [-0.2, 0) is 33.4 Å². The maximum Gasteiger partial charge on any atom is 0.305 e. The molecule has 0 saturated carbocycles. The molecule has 2 aromatic carbocycles. The number of aliphatic carboxylic acids is 3. The molecule has 17 nitrogen and oxygen atoms in total. The zero-order valence-electron chi connectivity index (χ0n) is 27.9. The Bertz CT molecular complexity index is 1800. The van der Waals surface area contributed by atoms with Crippen LogP contribution in [0.3, 0.4) is 0 Å². The van der Waals surface area contributed by atoms with Crippen molar-refractivity contribution < 1.29 is 62.9 Å². The molecule has 0 spiro atoms. The summed E-state index contributed by atoms with van der Waals surface area (Å²) in [5.41, 5.74) is 0.631. The molecule has 2 heterocycles. The number of benzene rings is 2. The quantitative estimate of drug-likeness (QED) is 0.0690. The largest absolute Gasteiger partial charge is 0.505 e. The maximum atomic E-state index is 13.8. The summed E-state index contributed by atoms with van der Waals surface area (Å²) < 4.78 is 37.5. The second kappa shape index (κ2) is 19.0. The molecule has 18 heteroatoms. The Labute approximate surface area is 295 Å². The minimum Gasteiger partial charge on any atom is -0.505 e. The molecule has 0 unspecified atom stereocenters. The first-order valence-corrected chi connectivity index (χ1v) is 16.1. The second-order valence-corrected chi connectivity index (χ2v) is 11.6. The third-order valence-corrected chi connectivity index (χ3v) is 7.35. The van der Waals surface area contributed by atoms with Gasteiger partial charge in [-0.25, -0.2) is 14.1 Å². The minimum atomic E-state index is -1.37. The number of aromatic nitrogens is 4. The Balaban J connectivity index is 1.34. The van der Waals surface area contributed by atoms with E-state index in [1.54, 1.807) is 30.5 Å². The molecular formula is C34H38FN5O12. The van der Waals surface area contributed by atoms with Crippen molar-refractivity contribution in [1.82, 2.24) is 25.3 Å². The average molecular weight is 728 g/mol. The van der Waals surface area contributed by atoms with Gasteiger partial charge in [0.05, 0.1) is 88.6 Å². The molecule has 1 amide bonds. The number of ether oxygens (including phenoxy) is 4. The smallest absolute Gasteiger partial charge is 0.305 e. The lowest BCUT2D eigenvalue weighted by Gasteiger charge is -2.34. The van der Waals surface area contributed by atoms with E-state index in [2.05, 4.69) is 20.6 Å². The van der Waals surface area contributed by atoms with Crippen LogP contribution in [-0.4, -0.2) is 116 Å². The number of rotatable bonds is 23. The first-order chi connectivity index (χ1) is 24.9. The highest BCUT2D eigenvalue weighted by Gasteiger charge is 2.34. The Morgan fingerprint density at radius 2 is 1.40 bits per heavy atom. The number of aromatic hydroxyl groups is 1. The molecule has 4 aromatic rings. The third kappa shape index (κ3) is 12.3. The molecule has 278 valence electrons. The van der Waals surface area contributed by atoms with E-state index in [4.69, 9.17) is 34.3 Å². The van der Waals surface area contributed by atoms with Gasteiger partial charge in [0.2, 0.25) is 5.91 Å². The summed E-state index contributed by atoms with van der Waals surface area (Å²) in [6.07, 6.45) is 0.960. The summed E-state index contributed by atoms with van der Waals surface area (Å²) in [5.74, 6) is -4.45. The van der Waals surface area contributed by atoms with Gasteiger partial charge in [0, 0.05) is 17.9 Å². The van der Waals surface area contributed by atoms with Gasteiger partial charge in [-0.3, -0.25) is 19.2 Å². The molecule has 0 radical (unpaired) electrons. The number of carbonyl (C=O) groups is 4. The van der Waals surface area contributed by atoms with Crippen LogP contribution in [0.1, 0.15) is 32.1 Å². The molecule has 0 bridgehead atoms. The number of carboxylic acid groups (broad SMARTS) is 3. The van der Waals surface area contributed by atoms with E-state index in [1.807, 2.05) is 6.07 Å². The van der Waals surface area contributed by atoms with Gasteiger partial charge in [0.1, 0.15) is 17.0 Å². The van der Waals surface area contributed by atoms with Gasteiger partial charge in [-0.05, 0) is 42.8 Å². The van der Waals surface area contributed by atoms with Crippen molar-refractivity contribution in [3.63, 3.8) is 0 Å². The SMILES string of the molecule is O=C(O)CCOCC(COCCC(=O)O)(COCCC(=O)O)NC(=O)CCCOc1ccc2nc(-c3cn(-c4ccc(O)c(F)c4)nn3)ccc2c1. The van der Waals surface area contributed by atoms with Gasteiger partial charge in [-0.1, -0.05) is 11.3 Å². The van der Waals surface area contributed by atoms with Crippen molar-refractivity contribution in [2.45, 2.75) is 37.6 Å². The Hall–Kier alpha value is -5.72. The summed E-state index contributed by atoms with van der Waals surface area (Å²) >= 11 is 0. The highest BCUT2D eigenvalue weighted by molar-refractivity contribution is 5.82. The van der Waals surface area contributed by atoms with Crippen LogP contribution >= 0.6 is 0 Å². The Kier molecular flexibility index (Phi) is 14.3. The van der Waals surface area contributed by atoms with Crippen LogP contribution in [0.5, 0.6) is 11.5 Å². The zero-order chi connectivity index (χ0) is 37.5. The molecule has 5 N–H and O–H groups in total. The lowest BCUT2D eigenvalue weighted by Crippen LogP contribution is -2.58. The van der Waals surface area contributed by atoms with Gasteiger partial charge in [-0.15, -0.1) is 5.10 Å². The van der Waals surface area contributed by atoms with Crippen LogP contribution in [0.25, 0.3) is 28.0 Å². The summed E-state index contributed by atoms with van der Waals surface area (Å²) in [7, 11) is 0. The summed E-state index contributed by atoms with van der Waals surface area (Å²) in [6.45, 7) is -1.11. The number of phenols is 1. The van der Waals surface area contributed by atoms with Crippen molar-refractivity contribution in [3.8, 4) is 28.6 Å². The fourth-order valence-electron chi connectivity index (χ4n) is 4.78. The number of hydrogen-bond acceptors (Lipinski definition) is 12. The predicted octanol–water partition coefficient (Wildman–Crippen LogP) is 2.82. The van der Waals surface area contributed by atoms with Crippen LogP contribution < -0.4 is 10.1 Å².